The average molecular weight is 349 g/mol. The van der Waals surface area contributed by atoms with Crippen LogP contribution in [0.4, 0.5) is 4.39 Å². The molecule has 130 valence electrons. The number of halogens is 1. The number of carboxylic acid groups (broad SMARTS) is 1. The molecule has 4 rings (SSSR count). The van der Waals surface area contributed by atoms with Crippen LogP contribution in [0, 0.1) is 26.6 Å². The summed E-state index contributed by atoms with van der Waals surface area (Å²) >= 11 is 0. The molecular weight excluding hydrogens is 333 g/mol. The highest BCUT2D eigenvalue weighted by Gasteiger charge is 2.21. The van der Waals surface area contributed by atoms with Crippen LogP contribution < -0.4 is 0 Å². The van der Waals surface area contributed by atoms with Gasteiger partial charge in [-0.1, -0.05) is 24.3 Å². The fraction of sp³-hybridized carbons (Fsp3) is 0.143. The minimum atomic E-state index is -1.03. The van der Waals surface area contributed by atoms with Crippen LogP contribution in [0.25, 0.3) is 33.3 Å². The lowest BCUT2D eigenvalue weighted by atomic mass is 9.99. The number of fused-ring (bicyclic) bond motifs is 2. The molecule has 2 aromatic carbocycles. The number of para-hydroxylation sites is 1. The van der Waals surface area contributed by atoms with Crippen LogP contribution >= 0.6 is 0 Å². The molecule has 1 N–H and O–H groups in total. The summed E-state index contributed by atoms with van der Waals surface area (Å²) in [6.45, 7) is 5.56. The second-order valence-electron chi connectivity index (χ2n) is 6.46. The number of rotatable bonds is 2. The van der Waals surface area contributed by atoms with E-state index in [0.717, 1.165) is 16.7 Å². The predicted molar refractivity (Wildman–Crippen MR) is 98.1 cm³/mol. The molecule has 0 aliphatic carbocycles. The van der Waals surface area contributed by atoms with E-state index in [2.05, 4.69) is 4.98 Å². The summed E-state index contributed by atoms with van der Waals surface area (Å²) < 4.78 is 19.8. The van der Waals surface area contributed by atoms with Crippen LogP contribution in [0.15, 0.2) is 40.8 Å². The Kier molecular flexibility index (Phi) is 3.54. The Morgan fingerprint density at radius 1 is 1.12 bits per heavy atom. The Labute approximate surface area is 148 Å². The van der Waals surface area contributed by atoms with E-state index in [1.165, 1.54) is 12.1 Å². The van der Waals surface area contributed by atoms with Gasteiger partial charge in [0.25, 0.3) is 0 Å². The second kappa shape index (κ2) is 5.66. The highest BCUT2D eigenvalue weighted by molar-refractivity contribution is 6.06. The normalized spacial score (nSPS) is 11.4. The largest absolute Gasteiger partial charge is 0.478 e. The van der Waals surface area contributed by atoms with Gasteiger partial charge in [0.15, 0.2) is 17.2 Å². The molecule has 0 saturated carbocycles. The van der Waals surface area contributed by atoms with Gasteiger partial charge in [0.1, 0.15) is 5.69 Å². The van der Waals surface area contributed by atoms with Gasteiger partial charge in [-0.3, -0.25) is 0 Å². The molecule has 4 nitrogen and oxygen atoms in total. The first-order valence-electron chi connectivity index (χ1n) is 8.20. The Hall–Kier alpha value is -3.21. The van der Waals surface area contributed by atoms with Crippen molar-refractivity contribution < 1.29 is 18.7 Å². The smallest absolute Gasteiger partial charge is 0.336 e. The fourth-order valence-electron chi connectivity index (χ4n) is 3.38. The maximum atomic E-state index is 14.1. The zero-order valence-electron chi connectivity index (χ0n) is 14.6. The van der Waals surface area contributed by atoms with Gasteiger partial charge < -0.3 is 9.52 Å². The molecule has 0 radical (unpaired) electrons. The highest BCUT2D eigenvalue weighted by Crippen LogP contribution is 2.36. The van der Waals surface area contributed by atoms with Gasteiger partial charge in [-0.25, -0.2) is 14.2 Å². The van der Waals surface area contributed by atoms with E-state index in [4.69, 9.17) is 4.42 Å². The van der Waals surface area contributed by atoms with E-state index in [1.54, 1.807) is 12.1 Å². The Bertz CT molecular complexity index is 1210. The number of carbonyl (C=O) groups is 1. The Morgan fingerprint density at radius 2 is 1.85 bits per heavy atom. The molecular formula is C21H16FNO3. The molecule has 0 spiro atoms. The van der Waals surface area contributed by atoms with Gasteiger partial charge in [-0.05, 0) is 44.0 Å². The van der Waals surface area contributed by atoms with E-state index in [1.807, 2.05) is 32.9 Å². The number of carboxylic acids is 1. The topological polar surface area (TPSA) is 63.3 Å². The van der Waals surface area contributed by atoms with Crippen molar-refractivity contribution in [3.8, 4) is 11.5 Å². The first-order valence-corrected chi connectivity index (χ1v) is 8.20. The van der Waals surface area contributed by atoms with Gasteiger partial charge in [0, 0.05) is 16.3 Å². The molecule has 0 saturated heterocycles. The summed E-state index contributed by atoms with van der Waals surface area (Å²) in [4.78, 5) is 16.5. The first-order chi connectivity index (χ1) is 12.4. The summed E-state index contributed by atoms with van der Waals surface area (Å²) in [5, 5.41) is 11.0. The van der Waals surface area contributed by atoms with Crippen LogP contribution in [0.2, 0.25) is 0 Å². The fourth-order valence-corrected chi connectivity index (χ4v) is 3.38. The molecule has 0 unspecified atom stereocenters. The summed E-state index contributed by atoms with van der Waals surface area (Å²) in [5.74, 6) is -1.11. The lowest BCUT2D eigenvalue weighted by Gasteiger charge is -2.10. The van der Waals surface area contributed by atoms with Crippen LogP contribution in [0.5, 0.6) is 0 Å². The van der Waals surface area contributed by atoms with Crippen molar-refractivity contribution in [3.05, 3.63) is 64.5 Å². The molecule has 0 aliphatic rings. The third-order valence-electron chi connectivity index (χ3n) is 4.75. The number of aromatic nitrogens is 1. The molecule has 2 heterocycles. The van der Waals surface area contributed by atoms with Crippen molar-refractivity contribution in [1.82, 2.24) is 4.98 Å². The summed E-state index contributed by atoms with van der Waals surface area (Å²) in [7, 11) is 0. The number of aryl methyl sites for hydroxylation is 3. The minimum Gasteiger partial charge on any atom is -0.478 e. The van der Waals surface area contributed by atoms with Crippen LogP contribution in [-0.2, 0) is 0 Å². The molecule has 0 amide bonds. The van der Waals surface area contributed by atoms with Gasteiger partial charge >= 0.3 is 5.97 Å². The predicted octanol–water partition coefficient (Wildman–Crippen LogP) is 5.41. The number of nitrogens with zero attached hydrogens (tertiary/aromatic N) is 1. The van der Waals surface area contributed by atoms with Crippen molar-refractivity contribution in [2.45, 2.75) is 20.8 Å². The zero-order valence-corrected chi connectivity index (χ0v) is 14.6. The molecule has 0 atom stereocenters. The standard InChI is InChI=1S/C21H16FNO3/c1-10-7-8-11(2)18-17(10)14(21(24)25)9-16(23-18)19-12(3)13-5-4-6-15(22)20(13)26-19/h4-9H,1-3H3,(H,24,25). The third-order valence-corrected chi connectivity index (χ3v) is 4.75. The number of hydrogen-bond donors (Lipinski definition) is 1. The molecule has 5 heteroatoms. The van der Waals surface area contributed by atoms with Gasteiger partial charge in [0.2, 0.25) is 0 Å². The minimum absolute atomic E-state index is 0.153. The van der Waals surface area contributed by atoms with Crippen molar-refractivity contribution in [2.75, 3.05) is 0 Å². The van der Waals surface area contributed by atoms with E-state index >= 15 is 0 Å². The van der Waals surface area contributed by atoms with E-state index in [9.17, 15) is 14.3 Å². The van der Waals surface area contributed by atoms with Crippen molar-refractivity contribution in [3.63, 3.8) is 0 Å². The molecule has 4 aromatic rings. The van der Waals surface area contributed by atoms with Crippen LogP contribution in [0.1, 0.15) is 27.0 Å². The van der Waals surface area contributed by atoms with E-state index in [-0.39, 0.29) is 11.1 Å². The number of furan rings is 1. The monoisotopic (exact) mass is 349 g/mol. The van der Waals surface area contributed by atoms with E-state index < -0.39 is 11.8 Å². The van der Waals surface area contributed by atoms with Gasteiger partial charge in [-0.2, -0.15) is 0 Å². The average Bonchev–Trinajstić information content (AvgIpc) is 2.96. The number of aromatic carboxylic acids is 1. The van der Waals surface area contributed by atoms with Crippen LogP contribution in [0.3, 0.4) is 0 Å². The van der Waals surface area contributed by atoms with Crippen LogP contribution in [-0.4, -0.2) is 16.1 Å². The third kappa shape index (κ3) is 2.28. The Morgan fingerprint density at radius 3 is 2.54 bits per heavy atom. The van der Waals surface area contributed by atoms with Crippen molar-refractivity contribution in [1.29, 1.82) is 0 Å². The second-order valence-corrected chi connectivity index (χ2v) is 6.46. The molecule has 0 aliphatic heterocycles. The maximum absolute atomic E-state index is 14.1. The van der Waals surface area contributed by atoms with E-state index in [0.29, 0.717) is 27.7 Å². The maximum Gasteiger partial charge on any atom is 0.336 e. The summed E-state index contributed by atoms with van der Waals surface area (Å²) in [5.41, 5.74) is 3.75. The lowest BCUT2D eigenvalue weighted by molar-refractivity contribution is 0.0699. The first kappa shape index (κ1) is 16.3. The highest BCUT2D eigenvalue weighted by atomic mass is 19.1. The molecule has 0 bridgehead atoms. The molecule has 0 fully saturated rings. The summed E-state index contributed by atoms with van der Waals surface area (Å²) in [6, 6.07) is 10.0. The number of benzene rings is 2. The SMILES string of the molecule is Cc1c(-c2cc(C(=O)O)c3c(C)ccc(C)c3n2)oc2c(F)cccc12. The molecule has 2 aromatic heterocycles. The van der Waals surface area contributed by atoms with Crippen molar-refractivity contribution in [2.24, 2.45) is 0 Å². The van der Waals surface area contributed by atoms with Gasteiger partial charge in [0.05, 0.1) is 11.1 Å². The lowest BCUT2D eigenvalue weighted by Crippen LogP contribution is -2.02. The zero-order chi connectivity index (χ0) is 18.6. The number of hydrogen-bond acceptors (Lipinski definition) is 3. The summed E-state index contributed by atoms with van der Waals surface area (Å²) in [6.07, 6.45) is 0. The molecule has 26 heavy (non-hydrogen) atoms. The quantitative estimate of drug-likeness (QED) is 0.525. The number of pyridine rings is 1. The Balaban J connectivity index is 2.11. The van der Waals surface area contributed by atoms with Crippen molar-refractivity contribution >= 4 is 27.8 Å². The van der Waals surface area contributed by atoms with Gasteiger partial charge in [-0.15, -0.1) is 0 Å².